The average molecular weight is 630 g/mol. The Labute approximate surface area is 218 Å². The van der Waals surface area contributed by atoms with E-state index in [-0.39, 0.29) is 0 Å². The monoisotopic (exact) mass is 630 g/mol. The zero-order valence-electron chi connectivity index (χ0n) is 18.8. The van der Waals surface area contributed by atoms with Crippen molar-refractivity contribution in [1.29, 1.82) is 0 Å². The lowest BCUT2D eigenvalue weighted by Gasteiger charge is -2.17. The highest BCUT2D eigenvalue weighted by atomic mass is 19.2. The Balaban J connectivity index is 2.11. The lowest BCUT2D eigenvalue weighted by atomic mass is 9.93. The second kappa shape index (κ2) is 10.2. The minimum absolute atomic E-state index is 2.63. The molecule has 4 aromatic rings. The Kier molecular flexibility index (Phi) is 7.40. The molecule has 0 unspecified atom stereocenters. The first-order valence-corrected chi connectivity index (χ1v) is 10.2. The minimum Gasteiger partial charge on any atom is -0.203 e. The van der Waals surface area contributed by atoms with E-state index in [0.29, 0.717) is 0 Å². The van der Waals surface area contributed by atoms with Gasteiger partial charge in [-0.05, 0) is 0 Å². The van der Waals surface area contributed by atoms with E-state index in [4.69, 9.17) is 0 Å². The molecule has 18 heteroatoms. The maximum absolute atomic E-state index is 14.8. The Hall–Kier alpha value is -4.38. The lowest BCUT2D eigenvalue weighted by molar-refractivity contribution is 0.379. The standard InChI is InChI=1S/C24F18/c25-7-1(8(26)12(30)3(11(7)29)5-15(33)19(37)23(41)20(38)16(5)34)2-9(27)13(31)4(14(32)10(2)28)6-17(35)21(39)24(42)22(40)18(6)36. The molecule has 0 bridgehead atoms. The number of halogens is 18. The van der Waals surface area contributed by atoms with Crippen LogP contribution in [0.25, 0.3) is 33.4 Å². The molecule has 0 saturated carbocycles. The van der Waals surface area contributed by atoms with E-state index in [2.05, 4.69) is 0 Å². The van der Waals surface area contributed by atoms with Crippen LogP contribution in [0.5, 0.6) is 0 Å². The van der Waals surface area contributed by atoms with Gasteiger partial charge >= 0.3 is 0 Å². The third kappa shape index (κ3) is 3.98. The molecule has 4 aromatic carbocycles. The van der Waals surface area contributed by atoms with Crippen molar-refractivity contribution in [2.45, 2.75) is 0 Å². The van der Waals surface area contributed by atoms with Gasteiger partial charge in [0.25, 0.3) is 0 Å². The molecule has 222 valence electrons. The number of benzene rings is 4. The van der Waals surface area contributed by atoms with Gasteiger partial charge in [0.05, 0.1) is 33.4 Å². The zero-order valence-corrected chi connectivity index (χ0v) is 18.8. The highest BCUT2D eigenvalue weighted by Gasteiger charge is 2.39. The third-order valence-corrected chi connectivity index (χ3v) is 5.70. The number of hydrogen-bond acceptors (Lipinski definition) is 0. The van der Waals surface area contributed by atoms with Crippen LogP contribution in [0.1, 0.15) is 0 Å². The Morgan fingerprint density at radius 1 is 0.119 bits per heavy atom. The van der Waals surface area contributed by atoms with Gasteiger partial charge in [-0.15, -0.1) is 0 Å². The van der Waals surface area contributed by atoms with Crippen LogP contribution in [0, 0.1) is 105 Å². The highest BCUT2D eigenvalue weighted by Crippen LogP contribution is 2.45. The SMILES string of the molecule is Fc1c(F)c(F)c(-c2c(F)c(F)c(-c3c(F)c(F)c(-c4c(F)c(F)c(F)c(F)c4F)c(F)c3F)c(F)c2F)c(F)c1F. The van der Waals surface area contributed by atoms with Gasteiger partial charge in [0, 0.05) is 0 Å². The van der Waals surface area contributed by atoms with Crippen molar-refractivity contribution in [3.8, 4) is 33.4 Å². The van der Waals surface area contributed by atoms with Crippen LogP contribution >= 0.6 is 0 Å². The van der Waals surface area contributed by atoms with Crippen molar-refractivity contribution < 1.29 is 79.0 Å². The summed E-state index contributed by atoms with van der Waals surface area (Å²) in [5.41, 5.74) is -16.2. The molecule has 42 heavy (non-hydrogen) atoms. The molecule has 0 heterocycles. The molecule has 0 atom stereocenters. The summed E-state index contributed by atoms with van der Waals surface area (Å²) < 4.78 is 255. The molecule has 0 fully saturated rings. The molecular weight excluding hydrogens is 630 g/mol. The molecule has 0 radical (unpaired) electrons. The summed E-state index contributed by atoms with van der Waals surface area (Å²) in [6, 6.07) is 0. The molecule has 0 spiro atoms. The summed E-state index contributed by atoms with van der Waals surface area (Å²) in [5, 5.41) is 0. The van der Waals surface area contributed by atoms with Crippen molar-refractivity contribution >= 4 is 0 Å². The van der Waals surface area contributed by atoms with Crippen LogP contribution in [0.15, 0.2) is 0 Å². The van der Waals surface area contributed by atoms with Crippen LogP contribution in [0.4, 0.5) is 79.0 Å². The van der Waals surface area contributed by atoms with Gasteiger partial charge in [-0.3, -0.25) is 0 Å². The molecule has 0 aromatic heterocycles. The van der Waals surface area contributed by atoms with Gasteiger partial charge < -0.3 is 0 Å². The summed E-state index contributed by atoms with van der Waals surface area (Å²) in [7, 11) is 0. The molecule has 4 rings (SSSR count). The minimum atomic E-state index is -3.17. The fraction of sp³-hybridized carbons (Fsp3) is 0. The van der Waals surface area contributed by atoms with Crippen LogP contribution in [0.3, 0.4) is 0 Å². The van der Waals surface area contributed by atoms with Gasteiger partial charge in [-0.25, -0.2) is 79.0 Å². The second-order valence-corrected chi connectivity index (χ2v) is 7.90. The Morgan fingerprint density at radius 3 is 0.310 bits per heavy atom. The van der Waals surface area contributed by atoms with Crippen molar-refractivity contribution in [3.63, 3.8) is 0 Å². The summed E-state index contributed by atoms with van der Waals surface area (Å²) in [4.78, 5) is 0. The average Bonchev–Trinajstić information content (AvgIpc) is 2.96. The van der Waals surface area contributed by atoms with E-state index >= 15 is 0 Å². The van der Waals surface area contributed by atoms with Gasteiger partial charge in [-0.2, -0.15) is 0 Å². The fourth-order valence-corrected chi connectivity index (χ4v) is 3.79. The summed E-state index contributed by atoms with van der Waals surface area (Å²) in [6.07, 6.45) is 0. The van der Waals surface area contributed by atoms with Crippen molar-refractivity contribution in [2.24, 2.45) is 0 Å². The highest BCUT2D eigenvalue weighted by molar-refractivity contribution is 5.78. The first kappa shape index (κ1) is 30.6. The van der Waals surface area contributed by atoms with Gasteiger partial charge in [0.1, 0.15) is 0 Å². The van der Waals surface area contributed by atoms with Crippen LogP contribution in [-0.2, 0) is 0 Å². The quantitative estimate of drug-likeness (QED) is 0.120. The number of hydrogen-bond donors (Lipinski definition) is 0. The Morgan fingerprint density at radius 2 is 0.190 bits per heavy atom. The van der Waals surface area contributed by atoms with E-state index in [9.17, 15) is 79.0 Å². The maximum atomic E-state index is 14.8. The molecule has 0 saturated heterocycles. The topological polar surface area (TPSA) is 0 Å². The number of rotatable bonds is 3. The van der Waals surface area contributed by atoms with E-state index in [1.165, 1.54) is 0 Å². The first-order chi connectivity index (χ1) is 19.4. The molecule has 0 aliphatic rings. The maximum Gasteiger partial charge on any atom is 0.200 e. The smallest absolute Gasteiger partial charge is 0.200 e. The predicted octanol–water partition coefficient (Wildman–Crippen LogP) is 9.19. The molecule has 0 aliphatic heterocycles. The van der Waals surface area contributed by atoms with E-state index < -0.39 is 138 Å². The lowest BCUT2D eigenvalue weighted by Crippen LogP contribution is -2.13. The largest absolute Gasteiger partial charge is 0.203 e. The summed E-state index contributed by atoms with van der Waals surface area (Å²) in [6.45, 7) is 0. The van der Waals surface area contributed by atoms with Crippen molar-refractivity contribution in [2.75, 3.05) is 0 Å². The second-order valence-electron chi connectivity index (χ2n) is 7.90. The first-order valence-electron chi connectivity index (χ1n) is 10.2. The summed E-state index contributed by atoms with van der Waals surface area (Å²) in [5.74, 6) is -54.8. The van der Waals surface area contributed by atoms with Gasteiger partial charge in [-0.1, -0.05) is 0 Å². The van der Waals surface area contributed by atoms with Gasteiger partial charge in [0.15, 0.2) is 93.1 Å². The van der Waals surface area contributed by atoms with Crippen molar-refractivity contribution in [1.82, 2.24) is 0 Å². The molecule has 0 N–H and O–H groups in total. The normalized spacial score (nSPS) is 11.6. The molecule has 0 amide bonds. The fourth-order valence-electron chi connectivity index (χ4n) is 3.79. The van der Waals surface area contributed by atoms with Crippen LogP contribution in [0.2, 0.25) is 0 Å². The predicted molar refractivity (Wildman–Crippen MR) is 102 cm³/mol. The molecule has 0 aliphatic carbocycles. The molecule has 0 nitrogen and oxygen atoms in total. The van der Waals surface area contributed by atoms with Crippen LogP contribution in [-0.4, -0.2) is 0 Å². The van der Waals surface area contributed by atoms with E-state index in [1.54, 1.807) is 0 Å². The van der Waals surface area contributed by atoms with Crippen LogP contribution < -0.4 is 0 Å². The van der Waals surface area contributed by atoms with E-state index in [1.807, 2.05) is 0 Å². The zero-order chi connectivity index (χ0) is 31.9. The van der Waals surface area contributed by atoms with Gasteiger partial charge in [0.2, 0.25) is 11.6 Å². The third-order valence-electron chi connectivity index (χ3n) is 5.70. The Bertz CT molecular complexity index is 1610. The van der Waals surface area contributed by atoms with E-state index in [0.717, 1.165) is 0 Å². The van der Waals surface area contributed by atoms with Crippen molar-refractivity contribution in [3.05, 3.63) is 105 Å². The summed E-state index contributed by atoms with van der Waals surface area (Å²) >= 11 is 0. The molecular formula is C24F18.